The van der Waals surface area contributed by atoms with E-state index in [0.29, 0.717) is 30.0 Å². The molecule has 0 spiro atoms. The van der Waals surface area contributed by atoms with E-state index >= 15 is 4.39 Å². The number of unbranched alkanes of at least 4 members (excludes halogenated alkanes) is 2. The zero-order valence-electron chi connectivity index (χ0n) is 33.2. The van der Waals surface area contributed by atoms with Crippen LogP contribution in [0.3, 0.4) is 0 Å². The van der Waals surface area contributed by atoms with Gasteiger partial charge in [0.05, 0.1) is 42.7 Å². The Balaban J connectivity index is 2.39. The number of nitrogens with one attached hydrogen (secondary N) is 1. The minimum atomic E-state index is -2.77. The maximum absolute atomic E-state index is 16.0. The number of esters is 1. The molecule has 15 nitrogen and oxygen atoms in total. The van der Waals surface area contributed by atoms with Gasteiger partial charge in [-0.05, 0) is 52.7 Å². The average molecular weight is 848 g/mol. The third-order valence-electron chi connectivity index (χ3n) is 7.90. The molecule has 57 heavy (non-hydrogen) atoms. The van der Waals surface area contributed by atoms with Gasteiger partial charge in [-0.3, -0.25) is 9.78 Å². The molecule has 0 radical (unpaired) electrons. The van der Waals surface area contributed by atoms with E-state index in [4.69, 9.17) is 40.9 Å². The van der Waals surface area contributed by atoms with E-state index in [0.717, 1.165) is 60.3 Å². The first-order valence-corrected chi connectivity index (χ1v) is 20.2. The van der Waals surface area contributed by atoms with E-state index in [1.807, 2.05) is 13.8 Å². The maximum atomic E-state index is 16.0. The van der Waals surface area contributed by atoms with Crippen molar-refractivity contribution in [1.82, 2.24) is 15.3 Å². The molecule has 1 fully saturated rings. The Morgan fingerprint density at radius 1 is 1.02 bits per heavy atom. The van der Waals surface area contributed by atoms with Crippen LogP contribution in [0.1, 0.15) is 91.0 Å². The summed E-state index contributed by atoms with van der Waals surface area (Å²) in [7, 11) is 0. The molecule has 1 amide bonds. The van der Waals surface area contributed by atoms with Gasteiger partial charge < -0.3 is 45.4 Å². The van der Waals surface area contributed by atoms with Crippen LogP contribution in [0.25, 0.3) is 0 Å². The molecule has 1 atom stereocenters. The number of nitrogens with zero attached hydrogens (tertiary/aromatic N) is 2. The van der Waals surface area contributed by atoms with E-state index in [-0.39, 0.29) is 23.7 Å². The zero-order valence-corrected chi connectivity index (χ0v) is 34.9. The number of carbonyl (C=O) groups excluding carboxylic acids is 4. The minimum absolute atomic E-state index is 0.271. The van der Waals surface area contributed by atoms with Crippen molar-refractivity contribution in [3.63, 3.8) is 0 Å². The van der Waals surface area contributed by atoms with Crippen LogP contribution in [0.4, 0.5) is 13.2 Å². The lowest BCUT2D eigenvalue weighted by Gasteiger charge is -2.34. The largest absolute Gasteiger partial charge is 0.490 e. The predicted octanol–water partition coefficient (Wildman–Crippen LogP) is 4.88. The summed E-state index contributed by atoms with van der Waals surface area (Å²) in [6.45, 7) is 9.72. The molecule has 0 bridgehead atoms. The molecule has 0 saturated heterocycles. The molecule has 1 aromatic rings. The third kappa shape index (κ3) is 17.0. The van der Waals surface area contributed by atoms with Gasteiger partial charge in [-0.1, -0.05) is 26.7 Å². The molecule has 2 rings (SSSR count). The second kappa shape index (κ2) is 22.6. The van der Waals surface area contributed by atoms with Crippen LogP contribution in [0, 0.1) is 12.3 Å². The number of hydrogen-bond donors (Lipinski definition) is 5. The van der Waals surface area contributed by atoms with E-state index < -0.39 is 90.2 Å². The lowest BCUT2D eigenvalue weighted by atomic mass is 9.79. The van der Waals surface area contributed by atoms with Gasteiger partial charge in [-0.15, -0.1) is 0 Å². The van der Waals surface area contributed by atoms with Gasteiger partial charge in [-0.2, -0.15) is 0 Å². The Labute approximate surface area is 340 Å². The fourth-order valence-electron chi connectivity index (χ4n) is 5.07. The lowest BCUT2D eigenvalue weighted by molar-refractivity contribution is -0.158. The van der Waals surface area contributed by atoms with Gasteiger partial charge in [-0.25, -0.2) is 33.4 Å². The maximum Gasteiger partial charge on any atom is 0.356 e. The molecular formula is C37H56F3N7O8S2. The van der Waals surface area contributed by atoms with Crippen LogP contribution in [-0.4, -0.2) is 75.7 Å². The van der Waals surface area contributed by atoms with Gasteiger partial charge >= 0.3 is 17.9 Å². The van der Waals surface area contributed by atoms with Crippen molar-refractivity contribution in [1.29, 1.82) is 0 Å². The summed E-state index contributed by atoms with van der Waals surface area (Å²) >= 11 is 1.51. The molecule has 1 aliphatic rings. The quantitative estimate of drug-likeness (QED) is 0.0144. The molecule has 0 aromatic carbocycles. The smallest absolute Gasteiger partial charge is 0.356 e. The summed E-state index contributed by atoms with van der Waals surface area (Å²) in [5.74, 6) is -0.0666. The number of carbonyl (C=O) groups is 4. The molecule has 1 aromatic heterocycles. The second-order valence-corrected chi connectivity index (χ2v) is 16.1. The van der Waals surface area contributed by atoms with Crippen LogP contribution in [-0.2, 0) is 38.7 Å². The van der Waals surface area contributed by atoms with Crippen LogP contribution in [0.15, 0.2) is 47.7 Å². The fraction of sp³-hybridized carbons (Fsp3) is 0.595. The Kier molecular flexibility index (Phi) is 19.4. The number of aryl methyl sites for hydroxylation is 1. The fourth-order valence-corrected chi connectivity index (χ4v) is 6.54. The summed E-state index contributed by atoms with van der Waals surface area (Å²) in [4.78, 5) is 57.3. The van der Waals surface area contributed by atoms with Gasteiger partial charge in [0.1, 0.15) is 35.1 Å². The van der Waals surface area contributed by atoms with E-state index in [9.17, 15) is 28.0 Å². The number of halogens is 3. The van der Waals surface area contributed by atoms with E-state index in [1.165, 1.54) is 6.07 Å². The van der Waals surface area contributed by atoms with Crippen molar-refractivity contribution >= 4 is 47.9 Å². The third-order valence-corrected chi connectivity index (χ3v) is 9.35. The summed E-state index contributed by atoms with van der Waals surface area (Å²) in [6, 6.07) is 3.02. The SMILES string of the molecule is CCCCSOC(=O)C(CC(F)CN(N)/C=C(\N)C(=O)OC(C)(C)C)(C(=O)OSCCCC)/C(N)=C/C=C(\N)NC(=O)Cc1cc(OC2CC(F)(F)C2)cc(C)n1. The van der Waals surface area contributed by atoms with Crippen LogP contribution < -0.4 is 33.1 Å². The van der Waals surface area contributed by atoms with Crippen molar-refractivity contribution in [3.05, 3.63) is 59.1 Å². The Bertz CT molecular complexity index is 1610. The Hall–Kier alpha value is -4.30. The van der Waals surface area contributed by atoms with Crippen molar-refractivity contribution in [2.24, 2.45) is 28.5 Å². The highest BCUT2D eigenvalue weighted by Crippen LogP contribution is 2.40. The summed E-state index contributed by atoms with van der Waals surface area (Å²) in [5.41, 5.74) is 14.7. The first-order chi connectivity index (χ1) is 26.6. The molecule has 1 heterocycles. The predicted molar refractivity (Wildman–Crippen MR) is 212 cm³/mol. The number of amides is 1. The summed E-state index contributed by atoms with van der Waals surface area (Å²) in [6.07, 6.45) is 1.20. The molecule has 1 saturated carbocycles. The number of pyridine rings is 1. The number of nitrogens with two attached hydrogens (primary N) is 4. The van der Waals surface area contributed by atoms with Crippen molar-refractivity contribution in [2.45, 2.75) is 117 Å². The highest BCUT2D eigenvalue weighted by molar-refractivity contribution is 7.95. The first kappa shape index (κ1) is 48.8. The Morgan fingerprint density at radius 2 is 1.60 bits per heavy atom. The number of rotatable bonds is 23. The van der Waals surface area contributed by atoms with Crippen molar-refractivity contribution in [2.75, 3.05) is 18.1 Å². The molecule has 20 heteroatoms. The standard InChI is InChI=1S/C37H56F3N7O8S2/c1-7-9-13-56-54-33(50)37(34(51)55-57-14-10-8-2,18-24(38)21-47(44)22-28(41)32(49)53-35(4,5)6)29(42)11-12-30(43)46-31(48)17-25-16-26(15-23(3)45-25)52-27-19-36(39,40)20-27/h11-12,15-16,22,24,27H,7-10,13-14,17-21,41-44H2,1-6H3,(H,46,48)/b28-22-,29-11-,30-12+. The van der Waals surface area contributed by atoms with Gasteiger partial charge in [0.15, 0.2) is 0 Å². The molecular weight excluding hydrogens is 792 g/mol. The van der Waals surface area contributed by atoms with Gasteiger partial charge in [0.25, 0.3) is 5.92 Å². The number of ether oxygens (including phenoxy) is 2. The van der Waals surface area contributed by atoms with Crippen molar-refractivity contribution < 1.29 is 50.2 Å². The minimum Gasteiger partial charge on any atom is -0.490 e. The van der Waals surface area contributed by atoms with Gasteiger partial charge in [0.2, 0.25) is 11.3 Å². The number of hydrazine groups is 1. The van der Waals surface area contributed by atoms with E-state index in [2.05, 4.69) is 10.3 Å². The van der Waals surface area contributed by atoms with Crippen LogP contribution in [0.2, 0.25) is 0 Å². The van der Waals surface area contributed by atoms with Crippen molar-refractivity contribution in [3.8, 4) is 5.75 Å². The topological polar surface area (TPSA) is 237 Å². The summed E-state index contributed by atoms with van der Waals surface area (Å²) in [5, 5.41) is 3.20. The lowest BCUT2D eigenvalue weighted by Crippen LogP contribution is -2.48. The number of hydrogen-bond acceptors (Lipinski definition) is 16. The molecule has 9 N–H and O–H groups in total. The zero-order chi connectivity index (χ0) is 43.0. The van der Waals surface area contributed by atoms with Gasteiger partial charge in [0, 0.05) is 60.5 Å². The second-order valence-electron chi connectivity index (χ2n) is 14.5. The average Bonchev–Trinajstić information content (AvgIpc) is 3.07. The highest BCUT2D eigenvalue weighted by atomic mass is 32.2. The monoisotopic (exact) mass is 847 g/mol. The molecule has 1 unspecified atom stereocenters. The Morgan fingerprint density at radius 3 is 2.12 bits per heavy atom. The molecule has 0 aliphatic heterocycles. The molecule has 1 aliphatic carbocycles. The number of allylic oxidation sites excluding steroid dienone is 2. The number of alkyl halides is 3. The number of aromatic nitrogens is 1. The summed E-state index contributed by atoms with van der Waals surface area (Å²) < 4.78 is 64.2. The van der Waals surface area contributed by atoms with Crippen LogP contribution >= 0.6 is 24.1 Å². The van der Waals surface area contributed by atoms with Crippen LogP contribution in [0.5, 0.6) is 5.75 Å². The normalized spacial score (nSPS) is 15.6. The molecule has 320 valence electrons. The highest BCUT2D eigenvalue weighted by Gasteiger charge is 2.54. The first-order valence-electron chi connectivity index (χ1n) is 18.4. The van der Waals surface area contributed by atoms with E-state index in [1.54, 1.807) is 33.8 Å².